The molecule has 2 heterocycles. The number of rotatable bonds is 3. The molecule has 1 atom stereocenters. The average Bonchev–Trinajstić information content (AvgIpc) is 2.70. The van der Waals surface area contributed by atoms with Crippen LogP contribution < -0.4 is 5.32 Å². The molecule has 0 aliphatic carbocycles. The van der Waals surface area contributed by atoms with Crippen LogP contribution >= 0.6 is 11.6 Å². The summed E-state index contributed by atoms with van der Waals surface area (Å²) in [4.78, 5) is 4.15. The van der Waals surface area contributed by atoms with Gasteiger partial charge in [0.05, 0.1) is 12.2 Å². The normalized spacial score (nSPS) is 12.4. The van der Waals surface area contributed by atoms with Gasteiger partial charge in [-0.2, -0.15) is 5.10 Å². The summed E-state index contributed by atoms with van der Waals surface area (Å²) in [5, 5.41) is 10.4. The Morgan fingerprint density at radius 2 is 2.33 bits per heavy atom. The predicted molar refractivity (Wildman–Crippen MR) is 59.9 cm³/mol. The van der Waals surface area contributed by atoms with Crippen molar-refractivity contribution in [2.24, 2.45) is 0 Å². The van der Waals surface area contributed by atoms with Crippen molar-refractivity contribution in [3.63, 3.8) is 0 Å². The van der Waals surface area contributed by atoms with E-state index < -0.39 is 0 Å². The van der Waals surface area contributed by atoms with Gasteiger partial charge in [0.25, 0.3) is 0 Å². The zero-order chi connectivity index (χ0) is 10.7. The number of aromatic nitrogens is 3. The van der Waals surface area contributed by atoms with Gasteiger partial charge < -0.3 is 5.32 Å². The lowest BCUT2D eigenvalue weighted by atomic mass is 10.2. The molecule has 0 radical (unpaired) electrons. The molecular formula is C10H11ClN4. The molecule has 0 saturated heterocycles. The van der Waals surface area contributed by atoms with Crippen molar-refractivity contribution in [1.29, 1.82) is 0 Å². The first-order chi connectivity index (χ1) is 7.25. The predicted octanol–water partition coefficient (Wildman–Crippen LogP) is 2.63. The molecule has 0 spiro atoms. The Kier molecular flexibility index (Phi) is 2.87. The number of halogens is 1. The van der Waals surface area contributed by atoms with Crippen molar-refractivity contribution >= 4 is 17.4 Å². The van der Waals surface area contributed by atoms with Crippen molar-refractivity contribution in [3.05, 3.63) is 41.3 Å². The van der Waals surface area contributed by atoms with Gasteiger partial charge in [-0.3, -0.25) is 5.10 Å². The first kappa shape index (κ1) is 9.98. The maximum absolute atomic E-state index is 5.78. The lowest BCUT2D eigenvalue weighted by molar-refractivity contribution is 0.876. The Hall–Kier alpha value is -1.55. The van der Waals surface area contributed by atoms with E-state index in [1.54, 1.807) is 12.3 Å². The molecule has 2 rings (SSSR count). The van der Waals surface area contributed by atoms with Gasteiger partial charge >= 0.3 is 0 Å². The zero-order valence-electron chi connectivity index (χ0n) is 8.24. The summed E-state index contributed by atoms with van der Waals surface area (Å²) in [5.41, 5.74) is 1.08. The molecule has 0 aliphatic heterocycles. The molecule has 1 unspecified atom stereocenters. The number of hydrogen-bond donors (Lipinski definition) is 2. The van der Waals surface area contributed by atoms with Crippen molar-refractivity contribution in [2.45, 2.75) is 13.0 Å². The Bertz CT molecular complexity index is 427. The molecule has 15 heavy (non-hydrogen) atoms. The second-order valence-electron chi connectivity index (χ2n) is 3.24. The molecule has 4 nitrogen and oxygen atoms in total. The zero-order valence-corrected chi connectivity index (χ0v) is 8.99. The summed E-state index contributed by atoms with van der Waals surface area (Å²) in [7, 11) is 0. The molecule has 2 N–H and O–H groups in total. The van der Waals surface area contributed by atoms with Gasteiger partial charge in [-0.25, -0.2) is 4.98 Å². The molecule has 0 aliphatic rings. The quantitative estimate of drug-likeness (QED) is 0.785. The summed E-state index contributed by atoms with van der Waals surface area (Å²) in [6, 6.07) is 5.63. The van der Waals surface area contributed by atoms with Gasteiger partial charge in [-0.05, 0) is 19.1 Å². The summed E-state index contributed by atoms with van der Waals surface area (Å²) in [6.07, 6.45) is 3.63. The van der Waals surface area contributed by atoms with Crippen LogP contribution in [-0.4, -0.2) is 15.2 Å². The fourth-order valence-corrected chi connectivity index (χ4v) is 1.46. The summed E-state index contributed by atoms with van der Waals surface area (Å²) in [6.45, 7) is 2.04. The molecule has 0 aromatic carbocycles. The van der Waals surface area contributed by atoms with Crippen molar-refractivity contribution in [1.82, 2.24) is 15.2 Å². The SMILES string of the molecule is CC(Nc1cccc(Cl)n1)c1cn[nH]c1. The molecule has 0 amide bonds. The largest absolute Gasteiger partial charge is 0.363 e. The minimum absolute atomic E-state index is 0.148. The van der Waals surface area contributed by atoms with Crippen LogP contribution in [0.4, 0.5) is 5.82 Å². The highest BCUT2D eigenvalue weighted by molar-refractivity contribution is 6.29. The van der Waals surface area contributed by atoms with E-state index in [4.69, 9.17) is 11.6 Å². The fourth-order valence-electron chi connectivity index (χ4n) is 1.29. The van der Waals surface area contributed by atoms with Crippen LogP contribution in [0.2, 0.25) is 5.15 Å². The number of nitrogens with one attached hydrogen (secondary N) is 2. The van der Waals surface area contributed by atoms with E-state index in [-0.39, 0.29) is 6.04 Å². The first-order valence-corrected chi connectivity index (χ1v) is 5.01. The minimum Gasteiger partial charge on any atom is -0.363 e. The third-order valence-corrected chi connectivity index (χ3v) is 2.31. The molecule has 0 fully saturated rings. The summed E-state index contributed by atoms with van der Waals surface area (Å²) >= 11 is 5.78. The number of anilines is 1. The summed E-state index contributed by atoms with van der Waals surface area (Å²) in [5.74, 6) is 0.760. The van der Waals surface area contributed by atoms with E-state index >= 15 is 0 Å². The molecule has 0 saturated carbocycles. The fraction of sp³-hybridized carbons (Fsp3) is 0.200. The minimum atomic E-state index is 0.148. The van der Waals surface area contributed by atoms with Crippen LogP contribution in [0, 0.1) is 0 Å². The van der Waals surface area contributed by atoms with Gasteiger partial charge in [0.2, 0.25) is 0 Å². The van der Waals surface area contributed by atoms with E-state index in [0.717, 1.165) is 11.4 Å². The van der Waals surface area contributed by atoms with E-state index in [9.17, 15) is 0 Å². The van der Waals surface area contributed by atoms with Crippen LogP contribution in [0.3, 0.4) is 0 Å². The Balaban J connectivity index is 2.09. The standard InChI is InChI=1S/C10H11ClN4/c1-7(8-5-12-13-6-8)14-10-4-2-3-9(11)15-10/h2-7H,1H3,(H,12,13)(H,14,15). The number of pyridine rings is 1. The monoisotopic (exact) mass is 222 g/mol. The van der Waals surface area contributed by atoms with Gasteiger partial charge in [-0.1, -0.05) is 17.7 Å². The highest BCUT2D eigenvalue weighted by atomic mass is 35.5. The number of hydrogen-bond acceptors (Lipinski definition) is 3. The van der Waals surface area contributed by atoms with Crippen LogP contribution in [0.15, 0.2) is 30.6 Å². The molecular weight excluding hydrogens is 212 g/mol. The van der Waals surface area contributed by atoms with Crippen molar-refractivity contribution in [3.8, 4) is 0 Å². The Morgan fingerprint density at radius 1 is 1.47 bits per heavy atom. The number of aromatic amines is 1. The van der Waals surface area contributed by atoms with Crippen molar-refractivity contribution in [2.75, 3.05) is 5.32 Å². The number of H-pyrrole nitrogens is 1. The molecule has 5 heteroatoms. The topological polar surface area (TPSA) is 53.6 Å². The van der Waals surface area contributed by atoms with Gasteiger partial charge in [0.1, 0.15) is 11.0 Å². The Labute approximate surface area is 92.7 Å². The summed E-state index contributed by atoms with van der Waals surface area (Å²) < 4.78 is 0. The smallest absolute Gasteiger partial charge is 0.131 e. The molecule has 0 bridgehead atoms. The van der Waals surface area contributed by atoms with E-state index in [1.165, 1.54) is 0 Å². The second kappa shape index (κ2) is 4.31. The van der Waals surface area contributed by atoms with Crippen LogP contribution in [0.5, 0.6) is 0 Å². The first-order valence-electron chi connectivity index (χ1n) is 4.63. The lowest BCUT2D eigenvalue weighted by Crippen LogP contribution is -2.06. The molecule has 78 valence electrons. The van der Waals surface area contributed by atoms with E-state index in [0.29, 0.717) is 5.15 Å². The number of nitrogens with zero attached hydrogens (tertiary/aromatic N) is 2. The van der Waals surface area contributed by atoms with Gasteiger partial charge in [0.15, 0.2) is 0 Å². The highest BCUT2D eigenvalue weighted by Crippen LogP contribution is 2.17. The maximum Gasteiger partial charge on any atom is 0.131 e. The van der Waals surface area contributed by atoms with Crippen LogP contribution in [0.25, 0.3) is 0 Å². The van der Waals surface area contributed by atoms with Crippen LogP contribution in [-0.2, 0) is 0 Å². The van der Waals surface area contributed by atoms with E-state index in [2.05, 4.69) is 20.5 Å². The second-order valence-corrected chi connectivity index (χ2v) is 3.63. The van der Waals surface area contributed by atoms with Crippen LogP contribution in [0.1, 0.15) is 18.5 Å². The van der Waals surface area contributed by atoms with Gasteiger partial charge in [-0.15, -0.1) is 0 Å². The third-order valence-electron chi connectivity index (χ3n) is 2.10. The Morgan fingerprint density at radius 3 is 3.00 bits per heavy atom. The average molecular weight is 223 g/mol. The molecule has 2 aromatic heterocycles. The van der Waals surface area contributed by atoms with E-state index in [1.807, 2.05) is 25.3 Å². The lowest BCUT2D eigenvalue weighted by Gasteiger charge is -2.12. The van der Waals surface area contributed by atoms with Gasteiger partial charge in [0, 0.05) is 11.8 Å². The highest BCUT2D eigenvalue weighted by Gasteiger charge is 2.06. The maximum atomic E-state index is 5.78. The third kappa shape index (κ3) is 2.47. The van der Waals surface area contributed by atoms with Crippen molar-refractivity contribution < 1.29 is 0 Å². The molecule has 2 aromatic rings.